The van der Waals surface area contributed by atoms with Crippen LogP contribution >= 0.6 is 23.4 Å². The Kier molecular flexibility index (Phi) is 6.92. The normalized spacial score (nSPS) is 11.1. The fraction of sp³-hybridized carbons (Fsp3) is 0.0435. The Morgan fingerprint density at radius 2 is 1.94 bits per heavy atom. The van der Waals surface area contributed by atoms with Gasteiger partial charge >= 0.3 is 5.16 Å². The van der Waals surface area contributed by atoms with Crippen LogP contribution in [0.1, 0.15) is 5.56 Å². The number of nitrogens with one attached hydrogen (secondary N) is 2. The van der Waals surface area contributed by atoms with E-state index < -0.39 is 5.75 Å². The maximum absolute atomic E-state index is 12.3. The number of phenols is 1. The molecule has 0 aliphatic heterocycles. The Hall–Kier alpha value is -3.82. The number of H-pyrrole nitrogens is 1. The van der Waals surface area contributed by atoms with Crippen molar-refractivity contribution < 1.29 is 19.6 Å². The summed E-state index contributed by atoms with van der Waals surface area (Å²) in [6.07, 6.45) is 1.24. The van der Waals surface area contributed by atoms with Crippen LogP contribution in [0.3, 0.4) is 0 Å². The Balaban J connectivity index is 1.49. The molecule has 4 rings (SSSR count). The smallest absolute Gasteiger partial charge is 0.342 e. The highest BCUT2D eigenvalue weighted by Gasteiger charge is 2.24. The summed E-state index contributed by atoms with van der Waals surface area (Å²) in [5.41, 5.74) is 4.41. The third kappa shape index (κ3) is 5.51. The summed E-state index contributed by atoms with van der Waals surface area (Å²) >= 11 is 7.27. The molecule has 3 N–H and O–H groups in total. The van der Waals surface area contributed by atoms with Gasteiger partial charge in [-0.1, -0.05) is 41.6 Å². The number of benzene rings is 3. The molecule has 10 heteroatoms. The second-order valence-electron chi connectivity index (χ2n) is 6.84. The highest BCUT2D eigenvalue weighted by Crippen LogP contribution is 2.21. The van der Waals surface area contributed by atoms with Crippen LogP contribution in [0.2, 0.25) is 5.02 Å². The van der Waals surface area contributed by atoms with Gasteiger partial charge in [0.15, 0.2) is 0 Å². The number of hydrogen-bond donors (Lipinski definition) is 3. The van der Waals surface area contributed by atoms with E-state index in [0.29, 0.717) is 10.2 Å². The van der Waals surface area contributed by atoms with Crippen LogP contribution in [0.4, 0.5) is 0 Å². The van der Waals surface area contributed by atoms with E-state index in [1.807, 2.05) is 47.0 Å². The Morgan fingerprint density at radius 1 is 1.18 bits per heavy atom. The standard InChI is InChI=1S/C23H18ClN5O3S/c24-17-7-9-18(10-8-17)29-22(15-4-2-1-3-5-15)27-28-23(29)33-14-21(32)26-25-13-16-6-11-19(30)12-20(16)31/h1-13H,14H2,(H3,25,26,30,31,32). The Labute approximate surface area is 198 Å². The molecule has 1 amide bonds. The van der Waals surface area contributed by atoms with E-state index in [9.17, 15) is 15.0 Å². The van der Waals surface area contributed by atoms with E-state index in [4.69, 9.17) is 11.6 Å². The number of hydrogen-bond acceptors (Lipinski definition) is 6. The van der Waals surface area contributed by atoms with Crippen LogP contribution in [-0.4, -0.2) is 33.2 Å². The maximum atomic E-state index is 12.3. The van der Waals surface area contributed by atoms with Gasteiger partial charge in [-0.2, -0.15) is 9.67 Å². The monoisotopic (exact) mass is 479 g/mol. The summed E-state index contributed by atoms with van der Waals surface area (Å²) in [4.78, 5) is 12.3. The Morgan fingerprint density at radius 3 is 2.67 bits per heavy atom. The average Bonchev–Trinajstić information content (AvgIpc) is 3.24. The van der Waals surface area contributed by atoms with Gasteiger partial charge in [0.25, 0.3) is 11.7 Å². The van der Waals surface area contributed by atoms with Crippen molar-refractivity contribution in [3.05, 3.63) is 83.4 Å². The molecule has 1 heterocycles. The number of thioether (sulfide) groups is 1. The first-order valence-corrected chi connectivity index (χ1v) is 11.1. The van der Waals surface area contributed by atoms with E-state index in [2.05, 4.69) is 20.7 Å². The lowest BCUT2D eigenvalue weighted by atomic mass is 10.2. The fourth-order valence-electron chi connectivity index (χ4n) is 2.98. The molecule has 0 aliphatic rings. The van der Waals surface area contributed by atoms with Gasteiger partial charge in [0.2, 0.25) is 0 Å². The number of aromatic hydroxyl groups is 1. The number of phenolic OH excluding ortho intramolecular Hbond substituents is 1. The molecule has 33 heavy (non-hydrogen) atoms. The molecule has 166 valence electrons. The van der Waals surface area contributed by atoms with Crippen LogP contribution < -0.4 is 15.1 Å². The molecule has 0 bridgehead atoms. The molecule has 0 saturated heterocycles. The van der Waals surface area contributed by atoms with E-state index >= 15 is 0 Å². The number of carbonyl (C=O) groups is 1. The maximum Gasteiger partial charge on any atom is 0.342 e. The summed E-state index contributed by atoms with van der Waals surface area (Å²) in [6, 6.07) is 20.9. The molecule has 0 saturated carbocycles. The lowest BCUT2D eigenvalue weighted by Crippen LogP contribution is -2.34. The van der Waals surface area contributed by atoms with Crippen molar-refractivity contribution in [1.82, 2.24) is 15.6 Å². The van der Waals surface area contributed by atoms with Crippen molar-refractivity contribution in [2.75, 3.05) is 5.75 Å². The third-order valence-corrected chi connectivity index (χ3v) is 5.72. The second kappa shape index (κ2) is 10.2. The fourth-order valence-corrected chi connectivity index (χ4v) is 3.87. The van der Waals surface area contributed by atoms with Gasteiger partial charge in [-0.25, -0.2) is 5.43 Å². The first-order valence-electron chi connectivity index (χ1n) is 9.78. The number of aromatic amines is 1. The number of halogens is 1. The minimum absolute atomic E-state index is 0.0455. The molecule has 4 aromatic rings. The summed E-state index contributed by atoms with van der Waals surface area (Å²) in [5, 5.41) is 33.5. The molecule has 3 aromatic carbocycles. The molecule has 0 radical (unpaired) electrons. The minimum Gasteiger partial charge on any atom is -0.872 e. The number of rotatable bonds is 7. The molecule has 8 nitrogen and oxygen atoms in total. The Bertz CT molecular complexity index is 1290. The molecule has 0 aliphatic carbocycles. The van der Waals surface area contributed by atoms with Crippen molar-refractivity contribution in [2.24, 2.45) is 5.10 Å². The predicted molar refractivity (Wildman–Crippen MR) is 125 cm³/mol. The van der Waals surface area contributed by atoms with Gasteiger partial charge in [-0.05, 0) is 65.9 Å². The zero-order chi connectivity index (χ0) is 23.2. The molecular weight excluding hydrogens is 462 g/mol. The van der Waals surface area contributed by atoms with Crippen molar-refractivity contribution >= 4 is 35.5 Å². The highest BCUT2D eigenvalue weighted by molar-refractivity contribution is 7.99. The SMILES string of the molecule is O=C(CSc1n[nH]c(-c2ccccc2)[n+]1-c1ccc(Cl)cc1)NN=Cc1ccc(O)cc1[O-]. The number of nitrogens with zero attached hydrogens (tertiary/aromatic N) is 3. The minimum atomic E-state index is -0.392. The van der Waals surface area contributed by atoms with Crippen LogP contribution in [0, 0.1) is 0 Å². The molecular formula is C23H18ClN5O3S. The van der Waals surface area contributed by atoms with Crippen molar-refractivity contribution in [1.29, 1.82) is 0 Å². The lowest BCUT2D eigenvalue weighted by molar-refractivity contribution is -0.625. The summed E-state index contributed by atoms with van der Waals surface area (Å²) in [5.74, 6) is -0.0792. The van der Waals surface area contributed by atoms with Gasteiger partial charge in [-0.15, -0.1) is 5.10 Å². The van der Waals surface area contributed by atoms with E-state index in [0.717, 1.165) is 23.1 Å². The lowest BCUT2D eigenvalue weighted by Gasteiger charge is -2.09. The second-order valence-corrected chi connectivity index (χ2v) is 8.22. The zero-order valence-electron chi connectivity index (χ0n) is 17.1. The number of carbonyl (C=O) groups excluding carboxylic acids is 1. The summed E-state index contributed by atoms with van der Waals surface area (Å²) in [6.45, 7) is 0. The van der Waals surface area contributed by atoms with Gasteiger partial charge in [0, 0.05) is 5.02 Å². The van der Waals surface area contributed by atoms with E-state index in [1.54, 1.807) is 12.1 Å². The third-order valence-electron chi connectivity index (χ3n) is 4.53. The molecule has 0 atom stereocenters. The van der Waals surface area contributed by atoms with Crippen molar-refractivity contribution in [2.45, 2.75) is 5.16 Å². The van der Waals surface area contributed by atoms with Gasteiger partial charge < -0.3 is 10.2 Å². The first kappa shape index (κ1) is 22.4. The molecule has 1 aromatic heterocycles. The predicted octanol–water partition coefficient (Wildman–Crippen LogP) is 3.03. The van der Waals surface area contributed by atoms with Crippen LogP contribution in [0.25, 0.3) is 17.1 Å². The van der Waals surface area contributed by atoms with Crippen LogP contribution in [0.5, 0.6) is 11.5 Å². The number of aromatic nitrogens is 3. The largest absolute Gasteiger partial charge is 0.872 e. The number of amides is 1. The summed E-state index contributed by atoms with van der Waals surface area (Å²) < 4.78 is 1.91. The molecule has 0 unspecified atom stereocenters. The van der Waals surface area contributed by atoms with E-state index in [-0.39, 0.29) is 23.0 Å². The highest BCUT2D eigenvalue weighted by atomic mass is 35.5. The van der Waals surface area contributed by atoms with Gasteiger partial charge in [0.1, 0.15) is 11.4 Å². The summed E-state index contributed by atoms with van der Waals surface area (Å²) in [7, 11) is 0. The van der Waals surface area contributed by atoms with Gasteiger partial charge in [-0.3, -0.25) is 4.79 Å². The zero-order valence-corrected chi connectivity index (χ0v) is 18.7. The quantitative estimate of drug-likeness (QED) is 0.163. The average molecular weight is 480 g/mol. The van der Waals surface area contributed by atoms with Crippen molar-refractivity contribution in [3.63, 3.8) is 0 Å². The van der Waals surface area contributed by atoms with Crippen LogP contribution in [-0.2, 0) is 4.79 Å². The van der Waals surface area contributed by atoms with Crippen molar-refractivity contribution in [3.8, 4) is 28.6 Å². The number of hydrazone groups is 1. The van der Waals surface area contributed by atoms with Gasteiger partial charge in [0.05, 0.1) is 22.6 Å². The van der Waals surface area contributed by atoms with Crippen LogP contribution in [0.15, 0.2) is 83.1 Å². The van der Waals surface area contributed by atoms with E-state index in [1.165, 1.54) is 30.1 Å². The topological polar surface area (TPSA) is 117 Å². The molecule has 0 fully saturated rings. The first-order chi connectivity index (χ1) is 16.0. The molecule has 0 spiro atoms.